The smallest absolute Gasteiger partial charge is 0.306 e. The van der Waals surface area contributed by atoms with Crippen molar-refractivity contribution < 1.29 is 28.6 Å². The van der Waals surface area contributed by atoms with Gasteiger partial charge in [-0.15, -0.1) is 0 Å². The molecule has 0 aromatic heterocycles. The number of esters is 3. The number of hydrogen-bond donors (Lipinski definition) is 0. The summed E-state index contributed by atoms with van der Waals surface area (Å²) in [5.41, 5.74) is 0. The fourth-order valence-electron chi connectivity index (χ4n) is 7.59. The lowest BCUT2D eigenvalue weighted by Crippen LogP contribution is -2.30. The quantitative estimate of drug-likeness (QED) is 0.0261. The highest BCUT2D eigenvalue weighted by Gasteiger charge is 2.19. The SMILES string of the molecule is CC/C=C\C/C=C\C/C=C\C/C=C\C/C=C\C/C=C\CCC(=O)OC(COC(=O)CCC/C=C\C/C=C\C/C=C\C/C=C\C/C=C\CC)COC(=O)CCCCCCCCCCC/C=C\C/C=C\CCCCCCC. The molecule has 0 aliphatic heterocycles. The minimum Gasteiger partial charge on any atom is -0.462 e. The monoisotopic (exact) mass is 1030 g/mol. The van der Waals surface area contributed by atoms with Gasteiger partial charge in [0.2, 0.25) is 0 Å². The molecular weight excluding hydrogens is 925 g/mol. The van der Waals surface area contributed by atoms with Crippen molar-refractivity contribution in [2.45, 2.75) is 245 Å². The maximum absolute atomic E-state index is 12.9. The summed E-state index contributed by atoms with van der Waals surface area (Å²) in [7, 11) is 0. The van der Waals surface area contributed by atoms with Crippen LogP contribution in [0.4, 0.5) is 0 Å². The fraction of sp³-hybridized carbons (Fsp3) is 0.580. The van der Waals surface area contributed by atoms with Crippen LogP contribution >= 0.6 is 0 Å². The minimum absolute atomic E-state index is 0.135. The summed E-state index contributed by atoms with van der Waals surface area (Å²) >= 11 is 0. The van der Waals surface area contributed by atoms with Crippen LogP contribution in [0.5, 0.6) is 0 Å². The Morgan fingerprint density at radius 2 is 0.560 bits per heavy atom. The summed E-state index contributed by atoms with van der Waals surface area (Å²) in [6.45, 7) is 6.28. The Kier molecular flexibility index (Phi) is 57.5. The molecule has 0 radical (unpaired) electrons. The molecule has 6 heteroatoms. The van der Waals surface area contributed by atoms with E-state index in [1.54, 1.807) is 0 Å². The van der Waals surface area contributed by atoms with Crippen molar-refractivity contribution in [2.24, 2.45) is 0 Å². The molecule has 0 N–H and O–H groups in total. The zero-order valence-corrected chi connectivity index (χ0v) is 48.0. The van der Waals surface area contributed by atoms with Gasteiger partial charge in [-0.25, -0.2) is 0 Å². The highest BCUT2D eigenvalue weighted by Crippen LogP contribution is 2.13. The molecule has 0 rings (SSSR count). The summed E-state index contributed by atoms with van der Waals surface area (Å²) in [5.74, 6) is -1.09. The first-order chi connectivity index (χ1) is 37.0. The topological polar surface area (TPSA) is 78.9 Å². The first kappa shape index (κ1) is 70.0. The van der Waals surface area contributed by atoms with E-state index in [0.29, 0.717) is 19.3 Å². The standard InChI is InChI=1S/C69H108O6/c1-4-7-10-13-16-19-22-25-28-31-33-34-36-38-41-44-47-50-53-56-59-62-68(71)74-65-66(64-73-67(70)61-58-55-52-49-46-43-40-37-30-27-24-21-18-15-12-9-6-3)75-69(72)63-60-57-54-51-48-45-42-39-35-32-29-26-23-20-17-14-11-8-5-2/h8-9,11-12,17-18,20-22,25-27,29-31,33,35,39-40,43,45,48-49,52,54,57,66H,4-7,10,13-16,19,23-24,28,32,34,36-38,41-42,44,46-47,50-51,53,55-56,58-65H2,1-3H3/b11-8-,12-9-,20-17-,21-18-,25-22-,29-26-,30-27-,33-31-,39-35-,43-40-,48-45-,52-49-,57-54-. The molecule has 6 nitrogen and oxygen atoms in total. The molecule has 1 atom stereocenters. The van der Waals surface area contributed by atoms with Crippen molar-refractivity contribution in [3.05, 3.63) is 158 Å². The summed E-state index contributed by atoms with van der Waals surface area (Å²) in [4.78, 5) is 38.2. The lowest BCUT2D eigenvalue weighted by Gasteiger charge is -2.18. The van der Waals surface area contributed by atoms with E-state index in [1.165, 1.54) is 83.5 Å². The van der Waals surface area contributed by atoms with Crippen molar-refractivity contribution in [3.63, 3.8) is 0 Å². The zero-order chi connectivity index (χ0) is 54.3. The van der Waals surface area contributed by atoms with Crippen molar-refractivity contribution in [1.82, 2.24) is 0 Å². The van der Waals surface area contributed by atoms with E-state index in [1.807, 2.05) is 12.2 Å². The molecule has 0 spiro atoms. The molecule has 0 aromatic carbocycles. The maximum Gasteiger partial charge on any atom is 0.306 e. The van der Waals surface area contributed by atoms with Crippen molar-refractivity contribution in [1.29, 1.82) is 0 Å². The number of unbranched alkanes of at least 4 members (excludes halogenated alkanes) is 15. The molecule has 0 aromatic rings. The van der Waals surface area contributed by atoms with Gasteiger partial charge in [0, 0.05) is 19.3 Å². The zero-order valence-electron chi connectivity index (χ0n) is 48.0. The summed E-state index contributed by atoms with van der Waals surface area (Å²) < 4.78 is 16.8. The van der Waals surface area contributed by atoms with Crippen LogP contribution in [0, 0.1) is 0 Å². The summed E-state index contributed by atoms with van der Waals surface area (Å²) in [6.07, 6.45) is 89.7. The molecule has 0 saturated carbocycles. The molecule has 0 bridgehead atoms. The van der Waals surface area contributed by atoms with Gasteiger partial charge in [0.05, 0.1) is 0 Å². The van der Waals surface area contributed by atoms with Crippen LogP contribution in [0.2, 0.25) is 0 Å². The van der Waals surface area contributed by atoms with Crippen molar-refractivity contribution >= 4 is 17.9 Å². The number of carbonyl (C=O) groups is 3. The van der Waals surface area contributed by atoms with Gasteiger partial charge in [0.15, 0.2) is 6.10 Å². The highest BCUT2D eigenvalue weighted by molar-refractivity contribution is 5.71. The molecule has 0 aliphatic carbocycles. The van der Waals surface area contributed by atoms with E-state index in [-0.39, 0.29) is 38.0 Å². The Morgan fingerprint density at radius 1 is 0.280 bits per heavy atom. The van der Waals surface area contributed by atoms with Crippen LogP contribution < -0.4 is 0 Å². The predicted octanol–water partition coefficient (Wildman–Crippen LogP) is 20.5. The van der Waals surface area contributed by atoms with Crippen LogP contribution in [0.3, 0.4) is 0 Å². The molecule has 0 aliphatic rings. The van der Waals surface area contributed by atoms with Crippen LogP contribution in [-0.2, 0) is 28.6 Å². The van der Waals surface area contributed by atoms with Gasteiger partial charge < -0.3 is 14.2 Å². The van der Waals surface area contributed by atoms with Crippen LogP contribution in [-0.4, -0.2) is 37.2 Å². The predicted molar refractivity (Wildman–Crippen MR) is 325 cm³/mol. The second-order valence-electron chi connectivity index (χ2n) is 19.1. The molecule has 1 unspecified atom stereocenters. The molecule has 0 saturated heterocycles. The van der Waals surface area contributed by atoms with Gasteiger partial charge in [0.1, 0.15) is 13.2 Å². The van der Waals surface area contributed by atoms with E-state index in [2.05, 4.69) is 167 Å². The second kappa shape index (κ2) is 61.6. The minimum atomic E-state index is -0.852. The van der Waals surface area contributed by atoms with Gasteiger partial charge >= 0.3 is 17.9 Å². The Bertz CT molecular complexity index is 1710. The van der Waals surface area contributed by atoms with E-state index in [4.69, 9.17) is 14.2 Å². The Labute approximate surface area is 460 Å². The average molecular weight is 1030 g/mol. The second-order valence-corrected chi connectivity index (χ2v) is 19.1. The summed E-state index contributed by atoms with van der Waals surface area (Å²) in [5, 5.41) is 0. The van der Waals surface area contributed by atoms with E-state index in [0.717, 1.165) is 103 Å². The largest absolute Gasteiger partial charge is 0.462 e. The Balaban J connectivity index is 4.60. The van der Waals surface area contributed by atoms with Crippen molar-refractivity contribution in [2.75, 3.05) is 13.2 Å². The van der Waals surface area contributed by atoms with Gasteiger partial charge in [0.25, 0.3) is 0 Å². The van der Waals surface area contributed by atoms with Crippen molar-refractivity contribution in [3.8, 4) is 0 Å². The van der Waals surface area contributed by atoms with Crippen LogP contribution in [0.15, 0.2) is 158 Å². The Morgan fingerprint density at radius 3 is 0.920 bits per heavy atom. The van der Waals surface area contributed by atoms with Crippen LogP contribution in [0.1, 0.15) is 239 Å². The molecule has 0 heterocycles. The summed E-state index contributed by atoms with van der Waals surface area (Å²) in [6, 6.07) is 0. The molecule has 75 heavy (non-hydrogen) atoms. The average Bonchev–Trinajstić information content (AvgIpc) is 3.41. The fourth-order valence-corrected chi connectivity index (χ4v) is 7.59. The third kappa shape index (κ3) is 59.8. The number of ether oxygens (including phenoxy) is 3. The van der Waals surface area contributed by atoms with Gasteiger partial charge in [-0.2, -0.15) is 0 Å². The Hall–Kier alpha value is -4.97. The molecule has 420 valence electrons. The first-order valence-corrected chi connectivity index (χ1v) is 30.0. The van der Waals surface area contributed by atoms with E-state index in [9.17, 15) is 14.4 Å². The normalized spacial score (nSPS) is 13.3. The molecular formula is C69H108O6. The third-order valence-corrected chi connectivity index (χ3v) is 12.0. The number of allylic oxidation sites excluding steroid dienone is 26. The number of hydrogen-bond acceptors (Lipinski definition) is 6. The number of carbonyl (C=O) groups excluding carboxylic acids is 3. The first-order valence-electron chi connectivity index (χ1n) is 30.0. The number of rotatable bonds is 52. The lowest BCUT2D eigenvalue weighted by molar-refractivity contribution is -0.166. The molecule has 0 amide bonds. The van der Waals surface area contributed by atoms with E-state index < -0.39 is 12.1 Å². The van der Waals surface area contributed by atoms with Crippen LogP contribution in [0.25, 0.3) is 0 Å². The van der Waals surface area contributed by atoms with Gasteiger partial charge in [-0.05, 0) is 128 Å². The third-order valence-electron chi connectivity index (χ3n) is 12.0. The van der Waals surface area contributed by atoms with E-state index >= 15 is 0 Å². The van der Waals surface area contributed by atoms with Gasteiger partial charge in [-0.3, -0.25) is 14.4 Å². The lowest BCUT2D eigenvalue weighted by atomic mass is 10.1. The maximum atomic E-state index is 12.9. The van der Waals surface area contributed by atoms with Gasteiger partial charge in [-0.1, -0.05) is 249 Å². The highest BCUT2D eigenvalue weighted by atomic mass is 16.6. The molecule has 0 fully saturated rings.